The molecule has 8 nitrogen and oxygen atoms in total. The molecule has 2 aromatic rings. The Morgan fingerprint density at radius 1 is 1.04 bits per heavy atom. The summed E-state index contributed by atoms with van der Waals surface area (Å²) >= 11 is 11.6. The zero-order chi connectivity index (χ0) is 19.1. The van der Waals surface area contributed by atoms with Crippen molar-refractivity contribution in [2.75, 3.05) is 29.7 Å². The minimum atomic E-state index is -1.05. The minimum absolute atomic E-state index is 0.168. The number of anilines is 1. The molecule has 1 aromatic heterocycles. The van der Waals surface area contributed by atoms with E-state index >= 15 is 0 Å². The molecule has 2 rings (SSSR count). The van der Waals surface area contributed by atoms with Gasteiger partial charge in [0.1, 0.15) is 5.69 Å². The lowest BCUT2D eigenvalue weighted by Crippen LogP contribution is -2.27. The van der Waals surface area contributed by atoms with Gasteiger partial charge in [-0.3, -0.25) is 19.9 Å². The predicted molar refractivity (Wildman–Crippen MR) is 103 cm³/mol. The van der Waals surface area contributed by atoms with Crippen LogP contribution < -0.4 is 16.1 Å². The number of H-pyrrole nitrogens is 2. The Balaban J connectivity index is 2.28. The van der Waals surface area contributed by atoms with Gasteiger partial charge in [-0.25, -0.2) is 4.79 Å². The fourth-order valence-corrected chi connectivity index (χ4v) is 2.76. The van der Waals surface area contributed by atoms with Crippen molar-refractivity contribution in [1.82, 2.24) is 9.97 Å². The van der Waals surface area contributed by atoms with E-state index in [1.807, 2.05) is 22.0 Å². The van der Waals surface area contributed by atoms with Gasteiger partial charge < -0.3 is 9.88 Å². The Hall–Kier alpha value is -2.58. The molecule has 0 saturated heterocycles. The molecule has 0 fully saturated rings. The van der Waals surface area contributed by atoms with Crippen molar-refractivity contribution in [2.45, 2.75) is 0 Å². The second-order valence-electron chi connectivity index (χ2n) is 5.22. The van der Waals surface area contributed by atoms with Crippen LogP contribution in [0.25, 0.3) is 12.2 Å². The number of rotatable bonds is 8. The number of nitrogens with one attached hydrogen (secondary N) is 2. The van der Waals surface area contributed by atoms with E-state index in [0.717, 1.165) is 11.3 Å². The second-order valence-corrected chi connectivity index (χ2v) is 5.97. The second kappa shape index (κ2) is 9.21. The molecule has 0 aliphatic carbocycles. The van der Waals surface area contributed by atoms with E-state index in [1.54, 1.807) is 18.2 Å². The third-order valence-electron chi connectivity index (χ3n) is 3.54. The number of halogens is 2. The number of nitrogens with zero attached hydrogens (tertiary/aromatic N) is 2. The first kappa shape index (κ1) is 19.7. The molecule has 2 N–H and O–H groups in total. The number of hydrogen-bond acceptors (Lipinski definition) is 5. The molecule has 0 bridgehead atoms. The van der Waals surface area contributed by atoms with Crippen LogP contribution in [0.4, 0.5) is 11.4 Å². The van der Waals surface area contributed by atoms with Crippen LogP contribution in [0.5, 0.6) is 0 Å². The van der Waals surface area contributed by atoms with Crippen molar-refractivity contribution in [3.63, 3.8) is 0 Å². The number of nitro groups is 1. The van der Waals surface area contributed by atoms with Crippen molar-refractivity contribution >= 4 is 46.7 Å². The van der Waals surface area contributed by atoms with Gasteiger partial charge in [0.2, 0.25) is 0 Å². The van der Waals surface area contributed by atoms with Crippen LogP contribution in [0.2, 0.25) is 0 Å². The van der Waals surface area contributed by atoms with Gasteiger partial charge >= 0.3 is 16.9 Å². The fraction of sp³-hybridized carbons (Fsp3) is 0.250. The Morgan fingerprint density at radius 2 is 1.65 bits per heavy atom. The molecule has 1 heterocycles. The van der Waals surface area contributed by atoms with Gasteiger partial charge in [0.05, 0.1) is 4.92 Å². The third-order valence-corrected chi connectivity index (χ3v) is 3.88. The molecular weight excluding hydrogens is 383 g/mol. The maximum atomic E-state index is 11.6. The average Bonchev–Trinajstić information content (AvgIpc) is 2.59. The SMILES string of the molecule is O=c1[nH]c(/C=C/c2ccc(N(CCCl)CCCl)cc2)c([N+](=O)[O-])c(=O)[nH]1. The van der Waals surface area contributed by atoms with E-state index in [4.69, 9.17) is 23.2 Å². The van der Waals surface area contributed by atoms with Gasteiger partial charge in [-0.2, -0.15) is 0 Å². The molecule has 10 heteroatoms. The molecule has 0 saturated carbocycles. The van der Waals surface area contributed by atoms with Crippen molar-refractivity contribution in [1.29, 1.82) is 0 Å². The summed E-state index contributed by atoms with van der Waals surface area (Å²) in [5, 5.41) is 11.0. The number of aromatic amines is 2. The lowest BCUT2D eigenvalue weighted by Gasteiger charge is -2.22. The summed E-state index contributed by atoms with van der Waals surface area (Å²) in [7, 11) is 0. The molecule has 138 valence electrons. The van der Waals surface area contributed by atoms with Crippen LogP contribution in [-0.2, 0) is 0 Å². The van der Waals surface area contributed by atoms with Gasteiger partial charge in [-0.15, -0.1) is 23.2 Å². The monoisotopic (exact) mass is 398 g/mol. The third kappa shape index (κ3) is 4.96. The van der Waals surface area contributed by atoms with Crippen molar-refractivity contribution < 1.29 is 4.92 Å². The number of alkyl halides is 2. The average molecular weight is 399 g/mol. The lowest BCUT2D eigenvalue weighted by atomic mass is 10.1. The standard InChI is InChI=1S/C16H16Cl2N4O4/c17-7-9-21(10-8-18)12-4-1-11(2-5-12)3-6-13-14(22(25)26)15(23)20-16(24)19-13/h1-6H,7-10H2,(H2,19,20,23,24)/b6-3+. The van der Waals surface area contributed by atoms with E-state index in [2.05, 4.69) is 4.98 Å². The Labute approximate surface area is 158 Å². The van der Waals surface area contributed by atoms with Crippen LogP contribution in [0.3, 0.4) is 0 Å². The summed E-state index contributed by atoms with van der Waals surface area (Å²) < 4.78 is 0. The highest BCUT2D eigenvalue weighted by Crippen LogP contribution is 2.18. The smallest absolute Gasteiger partial charge is 0.357 e. The molecule has 0 aliphatic rings. The lowest BCUT2D eigenvalue weighted by molar-refractivity contribution is -0.386. The first-order chi connectivity index (χ1) is 12.5. The van der Waals surface area contributed by atoms with Crippen LogP contribution in [0, 0.1) is 10.1 Å². The summed E-state index contributed by atoms with van der Waals surface area (Å²) in [4.78, 5) is 39.2. The van der Waals surface area contributed by atoms with Crippen LogP contribution in [-0.4, -0.2) is 39.7 Å². The summed E-state index contributed by atoms with van der Waals surface area (Å²) in [6.45, 7) is 1.31. The fourth-order valence-electron chi connectivity index (χ4n) is 2.35. The van der Waals surface area contributed by atoms with Gasteiger partial charge in [0.25, 0.3) is 0 Å². The molecule has 0 unspecified atom stereocenters. The molecule has 0 spiro atoms. The zero-order valence-electron chi connectivity index (χ0n) is 13.6. The maximum absolute atomic E-state index is 11.6. The predicted octanol–water partition coefficient (Wildman–Crippen LogP) is 2.43. The van der Waals surface area contributed by atoms with Gasteiger partial charge in [0.15, 0.2) is 0 Å². The maximum Gasteiger partial charge on any atom is 0.357 e. The quantitative estimate of drug-likeness (QED) is 0.402. The number of benzene rings is 1. The molecule has 0 amide bonds. The van der Waals surface area contributed by atoms with Gasteiger partial charge in [-0.05, 0) is 23.8 Å². The topological polar surface area (TPSA) is 112 Å². The summed E-state index contributed by atoms with van der Waals surface area (Å²) in [5.74, 6) is 0.941. The Morgan fingerprint density at radius 3 is 2.19 bits per heavy atom. The first-order valence-corrected chi connectivity index (χ1v) is 8.69. The number of hydrogen-bond donors (Lipinski definition) is 2. The molecule has 26 heavy (non-hydrogen) atoms. The first-order valence-electron chi connectivity index (χ1n) is 7.62. The Kier molecular flexibility index (Phi) is 6.99. The van der Waals surface area contributed by atoms with Crippen LogP contribution >= 0.6 is 23.2 Å². The summed E-state index contributed by atoms with van der Waals surface area (Å²) in [6, 6.07) is 7.35. The van der Waals surface area contributed by atoms with E-state index in [0.29, 0.717) is 24.8 Å². The molecule has 1 aromatic carbocycles. The van der Waals surface area contributed by atoms with Gasteiger partial charge in [0, 0.05) is 30.5 Å². The summed E-state index contributed by atoms with van der Waals surface area (Å²) in [6.07, 6.45) is 2.88. The minimum Gasteiger partial charge on any atom is -0.369 e. The van der Waals surface area contributed by atoms with E-state index in [9.17, 15) is 19.7 Å². The van der Waals surface area contributed by atoms with Crippen LogP contribution in [0.1, 0.15) is 11.3 Å². The normalized spacial score (nSPS) is 11.0. The molecule has 0 radical (unpaired) electrons. The van der Waals surface area contributed by atoms with Crippen molar-refractivity contribution in [3.8, 4) is 0 Å². The molecule has 0 atom stereocenters. The van der Waals surface area contributed by atoms with Crippen LogP contribution in [0.15, 0.2) is 33.9 Å². The van der Waals surface area contributed by atoms with Crippen molar-refractivity contribution in [3.05, 3.63) is 66.5 Å². The highest BCUT2D eigenvalue weighted by atomic mass is 35.5. The summed E-state index contributed by atoms with van der Waals surface area (Å²) in [5.41, 5.74) is -1.06. The zero-order valence-corrected chi connectivity index (χ0v) is 15.1. The van der Waals surface area contributed by atoms with E-state index in [1.165, 1.54) is 6.08 Å². The largest absolute Gasteiger partial charge is 0.369 e. The van der Waals surface area contributed by atoms with Gasteiger partial charge in [-0.1, -0.05) is 18.2 Å². The van der Waals surface area contributed by atoms with E-state index < -0.39 is 21.9 Å². The van der Waals surface area contributed by atoms with Crippen molar-refractivity contribution in [2.24, 2.45) is 0 Å². The van der Waals surface area contributed by atoms with E-state index in [-0.39, 0.29) is 5.69 Å². The molecule has 0 aliphatic heterocycles. The Bertz CT molecular complexity index is 900. The highest BCUT2D eigenvalue weighted by molar-refractivity contribution is 6.18. The highest BCUT2D eigenvalue weighted by Gasteiger charge is 2.18. The number of aromatic nitrogens is 2. The molecular formula is C16H16Cl2N4O4.